The van der Waals surface area contributed by atoms with Gasteiger partial charge in [0, 0.05) is 32.5 Å². The van der Waals surface area contributed by atoms with Crippen LogP contribution in [0.4, 0.5) is 5.69 Å². The number of hydrogen-bond donors (Lipinski definition) is 1. The van der Waals surface area contributed by atoms with Crippen molar-refractivity contribution in [1.29, 1.82) is 0 Å². The second-order valence-electron chi connectivity index (χ2n) is 4.89. The lowest BCUT2D eigenvalue weighted by Crippen LogP contribution is -2.39. The molecule has 2 N–H and O–H groups in total. The molecule has 0 bridgehead atoms. The zero-order chi connectivity index (χ0) is 13.8. The van der Waals surface area contributed by atoms with E-state index in [-0.39, 0.29) is 5.91 Å². The molecule has 0 aliphatic carbocycles. The summed E-state index contributed by atoms with van der Waals surface area (Å²) >= 11 is 6.07. The first-order valence-electron chi connectivity index (χ1n) is 6.45. The summed E-state index contributed by atoms with van der Waals surface area (Å²) in [6.45, 7) is 2.23. The van der Waals surface area contributed by atoms with Gasteiger partial charge in [0.2, 0.25) is 0 Å². The van der Waals surface area contributed by atoms with Crippen molar-refractivity contribution in [3.05, 3.63) is 28.8 Å². The Hall–Kier alpha value is -1.26. The molecule has 1 saturated heterocycles. The van der Waals surface area contributed by atoms with Crippen LogP contribution in [-0.4, -0.2) is 37.6 Å². The summed E-state index contributed by atoms with van der Waals surface area (Å²) in [6.07, 6.45) is 1.92. The number of halogens is 1. The first kappa shape index (κ1) is 14.2. The molecule has 1 aromatic carbocycles. The number of likely N-dealkylation sites (tertiary alicyclic amines) is 1. The van der Waals surface area contributed by atoms with Gasteiger partial charge in [-0.3, -0.25) is 4.79 Å². The quantitative estimate of drug-likeness (QED) is 0.866. The summed E-state index contributed by atoms with van der Waals surface area (Å²) in [4.78, 5) is 14.3. The fraction of sp³-hybridized carbons (Fsp3) is 0.500. The molecule has 0 radical (unpaired) electrons. The molecule has 0 spiro atoms. The van der Waals surface area contributed by atoms with Crippen molar-refractivity contribution in [2.75, 3.05) is 32.5 Å². The highest BCUT2D eigenvalue weighted by molar-refractivity contribution is 6.34. The number of nitrogen functional groups attached to an aromatic ring is 1. The smallest absolute Gasteiger partial charge is 0.257 e. The van der Waals surface area contributed by atoms with Crippen molar-refractivity contribution >= 4 is 23.2 Å². The highest BCUT2D eigenvalue weighted by Crippen LogP contribution is 2.26. The largest absolute Gasteiger partial charge is 0.398 e. The monoisotopic (exact) mass is 282 g/mol. The van der Waals surface area contributed by atoms with Gasteiger partial charge in [-0.1, -0.05) is 17.7 Å². The molecular weight excluding hydrogens is 264 g/mol. The average molecular weight is 283 g/mol. The third-order valence-corrected chi connectivity index (χ3v) is 3.88. The van der Waals surface area contributed by atoms with E-state index in [2.05, 4.69) is 0 Å². The number of ether oxygens (including phenoxy) is 1. The van der Waals surface area contributed by atoms with Gasteiger partial charge in [-0.15, -0.1) is 0 Å². The number of piperidine rings is 1. The SMILES string of the molecule is COCC1CCN(C(=O)c2c(N)cccc2Cl)CC1. The maximum absolute atomic E-state index is 12.4. The van der Waals surface area contributed by atoms with Crippen molar-refractivity contribution in [3.63, 3.8) is 0 Å². The number of amides is 1. The van der Waals surface area contributed by atoms with E-state index in [9.17, 15) is 4.79 Å². The molecule has 2 rings (SSSR count). The van der Waals surface area contributed by atoms with Crippen LogP contribution >= 0.6 is 11.6 Å². The zero-order valence-corrected chi connectivity index (χ0v) is 11.8. The molecule has 1 heterocycles. The van der Waals surface area contributed by atoms with Crippen LogP contribution in [-0.2, 0) is 4.74 Å². The predicted molar refractivity (Wildman–Crippen MR) is 76.4 cm³/mol. The average Bonchev–Trinajstić information content (AvgIpc) is 2.39. The van der Waals surface area contributed by atoms with Gasteiger partial charge in [0.1, 0.15) is 0 Å². The van der Waals surface area contributed by atoms with Crippen molar-refractivity contribution in [1.82, 2.24) is 4.90 Å². The Morgan fingerprint density at radius 3 is 2.74 bits per heavy atom. The van der Waals surface area contributed by atoms with E-state index in [0.29, 0.717) is 22.2 Å². The van der Waals surface area contributed by atoms with Crippen LogP contribution in [0.1, 0.15) is 23.2 Å². The van der Waals surface area contributed by atoms with Gasteiger partial charge >= 0.3 is 0 Å². The van der Waals surface area contributed by atoms with Gasteiger partial charge in [-0.25, -0.2) is 0 Å². The first-order valence-corrected chi connectivity index (χ1v) is 6.83. The summed E-state index contributed by atoms with van der Waals surface area (Å²) in [5, 5.41) is 0.420. The van der Waals surface area contributed by atoms with E-state index in [0.717, 1.165) is 32.5 Å². The molecule has 104 valence electrons. The molecule has 19 heavy (non-hydrogen) atoms. The minimum Gasteiger partial charge on any atom is -0.398 e. The van der Waals surface area contributed by atoms with Crippen LogP contribution in [0.3, 0.4) is 0 Å². The molecule has 0 unspecified atom stereocenters. The van der Waals surface area contributed by atoms with Crippen molar-refractivity contribution in [3.8, 4) is 0 Å². The predicted octanol–water partition coefficient (Wildman–Crippen LogP) is 2.42. The summed E-state index contributed by atoms with van der Waals surface area (Å²) in [7, 11) is 1.71. The van der Waals surface area contributed by atoms with Crippen LogP contribution < -0.4 is 5.73 Å². The number of methoxy groups -OCH3 is 1. The molecule has 0 saturated carbocycles. The first-order chi connectivity index (χ1) is 9.13. The van der Waals surface area contributed by atoms with Crippen molar-refractivity contribution < 1.29 is 9.53 Å². The summed E-state index contributed by atoms with van der Waals surface area (Å²) in [5.41, 5.74) is 6.72. The van der Waals surface area contributed by atoms with Crippen molar-refractivity contribution in [2.45, 2.75) is 12.8 Å². The number of benzene rings is 1. The van der Waals surface area contributed by atoms with E-state index in [4.69, 9.17) is 22.1 Å². The number of hydrogen-bond acceptors (Lipinski definition) is 3. The van der Waals surface area contributed by atoms with E-state index in [1.807, 2.05) is 4.90 Å². The number of nitrogens with zero attached hydrogens (tertiary/aromatic N) is 1. The Morgan fingerprint density at radius 1 is 1.47 bits per heavy atom. The van der Waals surface area contributed by atoms with Gasteiger partial charge < -0.3 is 15.4 Å². The van der Waals surface area contributed by atoms with Crippen molar-refractivity contribution in [2.24, 2.45) is 5.92 Å². The highest BCUT2D eigenvalue weighted by Gasteiger charge is 2.25. The van der Waals surface area contributed by atoms with E-state index >= 15 is 0 Å². The molecule has 1 amide bonds. The van der Waals surface area contributed by atoms with E-state index in [1.165, 1.54) is 0 Å². The lowest BCUT2D eigenvalue weighted by molar-refractivity contribution is 0.0614. The normalized spacial score (nSPS) is 16.6. The number of nitrogens with two attached hydrogens (primary N) is 1. The maximum Gasteiger partial charge on any atom is 0.257 e. The van der Waals surface area contributed by atoms with Gasteiger partial charge in [0.25, 0.3) is 5.91 Å². The highest BCUT2D eigenvalue weighted by atomic mass is 35.5. The summed E-state index contributed by atoms with van der Waals surface area (Å²) in [6, 6.07) is 5.15. The lowest BCUT2D eigenvalue weighted by atomic mass is 9.97. The fourth-order valence-corrected chi connectivity index (χ4v) is 2.73. The molecule has 1 aromatic rings. The number of anilines is 1. The Bertz CT molecular complexity index is 437. The van der Waals surface area contributed by atoms with Crippen LogP contribution in [0.15, 0.2) is 18.2 Å². The topological polar surface area (TPSA) is 55.6 Å². The Morgan fingerprint density at radius 2 is 2.16 bits per heavy atom. The van der Waals surface area contributed by atoms with E-state index in [1.54, 1.807) is 25.3 Å². The summed E-state index contributed by atoms with van der Waals surface area (Å²) < 4.78 is 5.16. The van der Waals surface area contributed by atoms with E-state index < -0.39 is 0 Å². The third kappa shape index (κ3) is 3.19. The van der Waals surface area contributed by atoms with Gasteiger partial charge in [-0.2, -0.15) is 0 Å². The molecule has 1 aliphatic heterocycles. The molecule has 0 atom stereocenters. The summed E-state index contributed by atoms with van der Waals surface area (Å²) in [5.74, 6) is 0.469. The lowest BCUT2D eigenvalue weighted by Gasteiger charge is -2.32. The number of rotatable bonds is 3. The van der Waals surface area contributed by atoms with Crippen LogP contribution in [0.25, 0.3) is 0 Å². The van der Waals surface area contributed by atoms with Crippen LogP contribution in [0, 0.1) is 5.92 Å². The molecule has 0 aromatic heterocycles. The Labute approximate surface area is 118 Å². The third-order valence-electron chi connectivity index (χ3n) is 3.56. The standard InChI is InChI=1S/C14H19ClN2O2/c1-19-9-10-5-7-17(8-6-10)14(18)13-11(15)3-2-4-12(13)16/h2-4,10H,5-9,16H2,1H3. The number of carbonyl (C=O) groups is 1. The second kappa shape index (κ2) is 6.26. The minimum absolute atomic E-state index is 0.0704. The van der Waals surface area contributed by atoms with Crippen LogP contribution in [0.2, 0.25) is 5.02 Å². The van der Waals surface area contributed by atoms with Gasteiger partial charge in [0.05, 0.1) is 10.6 Å². The Kier molecular flexibility index (Phi) is 4.66. The zero-order valence-electron chi connectivity index (χ0n) is 11.1. The molecule has 5 heteroatoms. The molecule has 4 nitrogen and oxygen atoms in total. The molecule has 1 aliphatic rings. The number of carbonyl (C=O) groups excluding carboxylic acids is 1. The molecular formula is C14H19ClN2O2. The maximum atomic E-state index is 12.4. The Balaban J connectivity index is 2.05. The molecule has 1 fully saturated rings. The fourth-order valence-electron chi connectivity index (χ4n) is 2.46. The van der Waals surface area contributed by atoms with Gasteiger partial charge in [-0.05, 0) is 30.9 Å². The van der Waals surface area contributed by atoms with Gasteiger partial charge in [0.15, 0.2) is 0 Å². The minimum atomic E-state index is -0.0704. The second-order valence-corrected chi connectivity index (χ2v) is 5.30. The van der Waals surface area contributed by atoms with Crippen LogP contribution in [0.5, 0.6) is 0 Å².